The van der Waals surface area contributed by atoms with Crippen LogP contribution in [-0.4, -0.2) is 49.2 Å². The van der Waals surface area contributed by atoms with Crippen LogP contribution in [0.1, 0.15) is 50.9 Å². The van der Waals surface area contributed by atoms with Gasteiger partial charge in [0.05, 0.1) is 18.2 Å². The fraction of sp³-hybridized carbons (Fsp3) is 0.550. The second-order valence-corrected chi connectivity index (χ2v) is 7.96. The number of carbonyl (C=O) groups is 3. The van der Waals surface area contributed by atoms with Gasteiger partial charge in [0.25, 0.3) is 0 Å². The molecule has 2 rings (SSSR count). The number of nitrogens with one attached hydrogen (secondary N) is 1. The maximum atomic E-state index is 14.6. The summed E-state index contributed by atoms with van der Waals surface area (Å²) in [6.07, 6.45) is -1.56. The Bertz CT molecular complexity index is 856. The minimum absolute atomic E-state index is 0.0106. The minimum Gasteiger partial charge on any atom is -0.466 e. The summed E-state index contributed by atoms with van der Waals surface area (Å²) in [6, 6.07) is -0.579. The number of carbonyl (C=O) groups excluding carboxylic acids is 3. The molecule has 1 heterocycles. The molecule has 1 fully saturated rings. The van der Waals surface area contributed by atoms with E-state index in [9.17, 15) is 31.9 Å². The molecule has 0 bridgehead atoms. The first kappa shape index (κ1) is 24.4. The van der Waals surface area contributed by atoms with Crippen molar-refractivity contribution in [1.82, 2.24) is 5.32 Å². The van der Waals surface area contributed by atoms with Gasteiger partial charge in [0.15, 0.2) is 29.1 Å². The Morgan fingerprint density at radius 2 is 1.65 bits per heavy atom. The van der Waals surface area contributed by atoms with Crippen LogP contribution in [0.15, 0.2) is 0 Å². The van der Waals surface area contributed by atoms with Crippen LogP contribution in [0.4, 0.5) is 28.0 Å². The maximum absolute atomic E-state index is 14.6. The molecule has 1 unspecified atom stereocenters. The highest BCUT2D eigenvalue weighted by atomic mass is 19.2. The number of Topliss-reactive ketones (excluding diaryl/α,β-unsaturated/α-hetero) is 1. The summed E-state index contributed by atoms with van der Waals surface area (Å²) in [7, 11) is 0. The van der Waals surface area contributed by atoms with Gasteiger partial charge in [0, 0.05) is 13.1 Å². The van der Waals surface area contributed by atoms with E-state index in [0.29, 0.717) is 0 Å². The molecule has 1 aromatic rings. The molecule has 1 N–H and O–H groups in total. The van der Waals surface area contributed by atoms with Crippen molar-refractivity contribution in [3.8, 4) is 0 Å². The topological polar surface area (TPSA) is 84.9 Å². The van der Waals surface area contributed by atoms with Crippen LogP contribution >= 0.6 is 0 Å². The normalized spacial score (nSPS) is 16.3. The number of ether oxygens (including phenoxy) is 2. The van der Waals surface area contributed by atoms with E-state index in [2.05, 4.69) is 10.1 Å². The van der Waals surface area contributed by atoms with E-state index in [0.717, 1.165) is 4.90 Å². The molecule has 1 amide bonds. The Morgan fingerprint density at radius 3 is 2.16 bits per heavy atom. The Morgan fingerprint density at radius 1 is 1.06 bits per heavy atom. The Labute approximate surface area is 176 Å². The van der Waals surface area contributed by atoms with Crippen LogP contribution in [0.3, 0.4) is 0 Å². The molecule has 1 aliphatic rings. The molecule has 11 heteroatoms. The van der Waals surface area contributed by atoms with Crippen LogP contribution < -0.4 is 10.2 Å². The molecule has 31 heavy (non-hydrogen) atoms. The van der Waals surface area contributed by atoms with Crippen LogP contribution in [0.25, 0.3) is 0 Å². The van der Waals surface area contributed by atoms with Gasteiger partial charge in [0.1, 0.15) is 17.7 Å². The van der Waals surface area contributed by atoms with E-state index in [1.807, 2.05) is 0 Å². The van der Waals surface area contributed by atoms with E-state index in [1.165, 1.54) is 6.92 Å². The fourth-order valence-electron chi connectivity index (χ4n) is 3.13. The van der Waals surface area contributed by atoms with Crippen molar-refractivity contribution < 1.29 is 41.4 Å². The third-order valence-corrected chi connectivity index (χ3v) is 4.35. The first-order valence-corrected chi connectivity index (χ1v) is 9.64. The van der Waals surface area contributed by atoms with Gasteiger partial charge < -0.3 is 19.7 Å². The summed E-state index contributed by atoms with van der Waals surface area (Å²) >= 11 is 0. The molecule has 1 atom stereocenters. The molecule has 172 valence electrons. The van der Waals surface area contributed by atoms with E-state index in [-0.39, 0.29) is 26.1 Å². The molecule has 1 aliphatic heterocycles. The highest BCUT2D eigenvalue weighted by molar-refractivity contribution is 6.06. The summed E-state index contributed by atoms with van der Waals surface area (Å²) in [5, 5.41) is 2.53. The van der Waals surface area contributed by atoms with Gasteiger partial charge in [-0.1, -0.05) is 0 Å². The van der Waals surface area contributed by atoms with Crippen LogP contribution in [-0.2, 0) is 14.3 Å². The number of ketones is 1. The lowest BCUT2D eigenvalue weighted by Crippen LogP contribution is -2.40. The zero-order chi connectivity index (χ0) is 23.5. The molecule has 1 saturated heterocycles. The number of anilines is 1. The second kappa shape index (κ2) is 9.52. The van der Waals surface area contributed by atoms with Crippen molar-refractivity contribution in [1.29, 1.82) is 0 Å². The number of esters is 1. The van der Waals surface area contributed by atoms with Gasteiger partial charge in [-0.3, -0.25) is 9.59 Å². The van der Waals surface area contributed by atoms with Gasteiger partial charge in [-0.05, 0) is 34.1 Å². The van der Waals surface area contributed by atoms with E-state index < -0.39 is 70.4 Å². The molecule has 7 nitrogen and oxygen atoms in total. The van der Waals surface area contributed by atoms with Gasteiger partial charge in [-0.25, -0.2) is 22.4 Å². The highest BCUT2D eigenvalue weighted by Crippen LogP contribution is 2.33. The number of hydrogen-bond donors (Lipinski definition) is 1. The first-order chi connectivity index (χ1) is 14.4. The van der Waals surface area contributed by atoms with Gasteiger partial charge in [-0.2, -0.15) is 0 Å². The molecule has 0 aromatic heterocycles. The van der Waals surface area contributed by atoms with Crippen LogP contribution in [0.2, 0.25) is 0 Å². The molecule has 0 radical (unpaired) electrons. The third-order valence-electron chi connectivity index (χ3n) is 4.35. The number of hydrogen-bond acceptors (Lipinski definition) is 6. The predicted octanol–water partition coefficient (Wildman–Crippen LogP) is 3.48. The second-order valence-electron chi connectivity index (χ2n) is 7.96. The maximum Gasteiger partial charge on any atom is 0.407 e. The molecular weight excluding hydrogens is 424 g/mol. The number of rotatable bonds is 6. The summed E-state index contributed by atoms with van der Waals surface area (Å²) in [4.78, 5) is 36.3. The average Bonchev–Trinajstić information content (AvgIpc) is 3.06. The lowest BCUT2D eigenvalue weighted by molar-refractivity contribution is -0.141. The zero-order valence-corrected chi connectivity index (χ0v) is 17.6. The van der Waals surface area contributed by atoms with Crippen molar-refractivity contribution in [2.45, 2.75) is 52.2 Å². The van der Waals surface area contributed by atoms with Crippen LogP contribution in [0.5, 0.6) is 0 Å². The lowest BCUT2D eigenvalue weighted by atomic mass is 10.0. The van der Waals surface area contributed by atoms with Gasteiger partial charge >= 0.3 is 12.1 Å². The number of halogens is 4. The van der Waals surface area contributed by atoms with Crippen molar-refractivity contribution in [3.05, 3.63) is 28.8 Å². The minimum atomic E-state index is -1.90. The van der Waals surface area contributed by atoms with E-state index >= 15 is 0 Å². The van der Waals surface area contributed by atoms with Crippen molar-refractivity contribution in [2.75, 3.05) is 24.6 Å². The summed E-state index contributed by atoms with van der Waals surface area (Å²) in [5.74, 6) is -9.83. The number of benzene rings is 1. The first-order valence-electron chi connectivity index (χ1n) is 9.64. The molecule has 0 saturated carbocycles. The van der Waals surface area contributed by atoms with E-state index in [1.54, 1.807) is 20.8 Å². The summed E-state index contributed by atoms with van der Waals surface area (Å²) < 4.78 is 67.8. The zero-order valence-electron chi connectivity index (χ0n) is 17.6. The SMILES string of the molecule is CCOC(=O)CC(=O)c1c(F)c(F)c(N2CCC(NC(=O)OC(C)(C)C)C2)c(F)c1F. The monoisotopic (exact) mass is 448 g/mol. The lowest BCUT2D eigenvalue weighted by Gasteiger charge is -2.23. The standard InChI is InChI=1S/C20H24F4N2O5/c1-5-30-12(28)8-11(27)13-14(21)16(23)18(17(24)15(13)22)26-7-6-10(9-26)25-19(29)31-20(2,3)4/h10H,5-9H2,1-4H3,(H,25,29). The largest absolute Gasteiger partial charge is 0.466 e. The van der Waals surface area contributed by atoms with Gasteiger partial charge in [-0.15, -0.1) is 0 Å². The third kappa shape index (κ3) is 5.86. The Balaban J connectivity index is 2.22. The predicted molar refractivity (Wildman–Crippen MR) is 102 cm³/mol. The Kier molecular flexibility index (Phi) is 7.50. The number of alkyl carbamates (subject to hydrolysis) is 1. The molecular formula is C20H24F4N2O5. The summed E-state index contributed by atoms with van der Waals surface area (Å²) in [5.41, 5.74) is -3.22. The van der Waals surface area contributed by atoms with Crippen molar-refractivity contribution >= 4 is 23.5 Å². The van der Waals surface area contributed by atoms with Crippen molar-refractivity contribution in [2.24, 2.45) is 0 Å². The smallest absolute Gasteiger partial charge is 0.407 e. The fourth-order valence-corrected chi connectivity index (χ4v) is 3.13. The quantitative estimate of drug-likeness (QED) is 0.236. The summed E-state index contributed by atoms with van der Waals surface area (Å²) in [6.45, 7) is 6.22. The molecule has 1 aromatic carbocycles. The number of nitrogens with zero attached hydrogens (tertiary/aromatic N) is 1. The van der Waals surface area contributed by atoms with Crippen LogP contribution in [0, 0.1) is 23.3 Å². The van der Waals surface area contributed by atoms with Crippen molar-refractivity contribution in [3.63, 3.8) is 0 Å². The van der Waals surface area contributed by atoms with E-state index in [4.69, 9.17) is 4.74 Å². The average molecular weight is 448 g/mol. The van der Waals surface area contributed by atoms with Gasteiger partial charge in [0.2, 0.25) is 0 Å². The highest BCUT2D eigenvalue weighted by Gasteiger charge is 2.35. The molecule has 0 aliphatic carbocycles. The Hall–Kier alpha value is -2.85. The number of amides is 1. The molecule has 0 spiro atoms.